The summed E-state index contributed by atoms with van der Waals surface area (Å²) in [6, 6.07) is 14.9. The number of aliphatic hydroxyl groups excluding tert-OH is 1. The van der Waals surface area contributed by atoms with Crippen molar-refractivity contribution in [3.8, 4) is 5.75 Å². The number of hydrogen-bond donors (Lipinski definition) is 1. The normalized spacial score (nSPS) is 18.2. The van der Waals surface area contributed by atoms with Crippen LogP contribution in [0.15, 0.2) is 48.5 Å². The molecule has 0 bridgehead atoms. The molecule has 1 aliphatic rings. The summed E-state index contributed by atoms with van der Waals surface area (Å²) >= 11 is 0. The van der Waals surface area contributed by atoms with Gasteiger partial charge in [0.1, 0.15) is 24.7 Å². The van der Waals surface area contributed by atoms with Crippen LogP contribution in [-0.4, -0.2) is 49.0 Å². The molecule has 0 unspecified atom stereocenters. The average Bonchev–Trinajstić information content (AvgIpc) is 2.93. The maximum Gasteiger partial charge on any atom is 0.499 e. The van der Waals surface area contributed by atoms with E-state index >= 15 is 0 Å². The Bertz CT molecular complexity index is 836. The fraction of sp³-hybridized carbons (Fsp3) is 0.435. The fourth-order valence-electron chi connectivity index (χ4n) is 3.12. The van der Waals surface area contributed by atoms with Crippen molar-refractivity contribution in [1.82, 2.24) is 0 Å². The monoisotopic (exact) mass is 412 g/mol. The number of aldehydes is 1. The van der Waals surface area contributed by atoms with Gasteiger partial charge in [-0.1, -0.05) is 42.5 Å². The van der Waals surface area contributed by atoms with Gasteiger partial charge >= 0.3 is 7.12 Å². The second kappa shape index (κ2) is 9.31. The van der Waals surface area contributed by atoms with Crippen LogP contribution in [0.1, 0.15) is 43.6 Å². The van der Waals surface area contributed by atoms with Crippen molar-refractivity contribution >= 4 is 18.9 Å². The molecule has 1 atom stereocenters. The third-order valence-corrected chi connectivity index (χ3v) is 5.57. The van der Waals surface area contributed by atoms with Gasteiger partial charge in [-0.3, -0.25) is 4.79 Å². The third-order valence-electron chi connectivity index (χ3n) is 5.57. The van der Waals surface area contributed by atoms with Crippen molar-refractivity contribution in [3.05, 3.63) is 59.7 Å². The molecular formula is C23H29BO6. The van der Waals surface area contributed by atoms with Crippen molar-refractivity contribution in [3.63, 3.8) is 0 Å². The number of benzene rings is 2. The van der Waals surface area contributed by atoms with E-state index in [0.717, 1.165) is 11.8 Å². The van der Waals surface area contributed by atoms with E-state index in [-0.39, 0.29) is 13.2 Å². The van der Waals surface area contributed by atoms with Crippen LogP contribution < -0.4 is 10.2 Å². The largest absolute Gasteiger partial charge is 0.499 e. The zero-order chi connectivity index (χ0) is 21.8. The van der Waals surface area contributed by atoms with Gasteiger partial charge < -0.3 is 23.9 Å². The van der Waals surface area contributed by atoms with Gasteiger partial charge in [-0.05, 0) is 39.3 Å². The molecule has 30 heavy (non-hydrogen) atoms. The van der Waals surface area contributed by atoms with Crippen LogP contribution in [0.3, 0.4) is 0 Å². The highest BCUT2D eigenvalue weighted by atomic mass is 16.7. The predicted octanol–water partition coefficient (Wildman–Crippen LogP) is 2.75. The van der Waals surface area contributed by atoms with E-state index in [9.17, 15) is 9.90 Å². The summed E-state index contributed by atoms with van der Waals surface area (Å²) in [5.41, 5.74) is 0.905. The first-order chi connectivity index (χ1) is 14.2. The van der Waals surface area contributed by atoms with Crippen LogP contribution in [0, 0.1) is 0 Å². The lowest BCUT2D eigenvalue weighted by molar-refractivity contribution is 0.00562. The lowest BCUT2D eigenvalue weighted by atomic mass is 9.75. The van der Waals surface area contributed by atoms with Crippen LogP contribution in [-0.2, 0) is 20.7 Å². The van der Waals surface area contributed by atoms with Crippen LogP contribution in [0.25, 0.3) is 0 Å². The van der Waals surface area contributed by atoms with Crippen LogP contribution in [0.2, 0.25) is 0 Å². The van der Waals surface area contributed by atoms with E-state index in [4.69, 9.17) is 18.8 Å². The van der Waals surface area contributed by atoms with Gasteiger partial charge in [0.25, 0.3) is 0 Å². The molecular weight excluding hydrogens is 383 g/mol. The number of hydrogen-bond acceptors (Lipinski definition) is 6. The Kier molecular flexibility index (Phi) is 6.98. The quantitative estimate of drug-likeness (QED) is 0.505. The zero-order valence-corrected chi connectivity index (χ0v) is 18.0. The zero-order valence-electron chi connectivity index (χ0n) is 18.0. The van der Waals surface area contributed by atoms with E-state index in [2.05, 4.69) is 0 Å². The van der Waals surface area contributed by atoms with Crippen LogP contribution in [0.4, 0.5) is 0 Å². The Balaban J connectivity index is 1.64. The summed E-state index contributed by atoms with van der Waals surface area (Å²) in [6.45, 7) is 8.36. The molecule has 1 heterocycles. The molecule has 6 nitrogen and oxygen atoms in total. The summed E-state index contributed by atoms with van der Waals surface area (Å²) < 4.78 is 23.6. The predicted molar refractivity (Wildman–Crippen MR) is 115 cm³/mol. The van der Waals surface area contributed by atoms with Crippen molar-refractivity contribution in [2.24, 2.45) is 0 Å². The highest BCUT2D eigenvalue weighted by Gasteiger charge is 2.53. The van der Waals surface area contributed by atoms with E-state index in [1.165, 1.54) is 0 Å². The number of ether oxygens (including phenoxy) is 2. The van der Waals surface area contributed by atoms with E-state index in [1.807, 2.05) is 58.0 Å². The summed E-state index contributed by atoms with van der Waals surface area (Å²) in [5.74, 6) is 0.445. The minimum atomic E-state index is -0.820. The lowest BCUT2D eigenvalue weighted by Gasteiger charge is -2.32. The number of carbonyl (C=O) groups is 1. The Morgan fingerprint density at radius 3 is 2.30 bits per heavy atom. The Morgan fingerprint density at radius 1 is 1.00 bits per heavy atom. The highest BCUT2D eigenvalue weighted by molar-refractivity contribution is 6.64. The lowest BCUT2D eigenvalue weighted by Crippen LogP contribution is -2.41. The minimum absolute atomic E-state index is 0.0175. The minimum Gasteiger partial charge on any atom is -0.491 e. The van der Waals surface area contributed by atoms with E-state index in [0.29, 0.717) is 23.4 Å². The van der Waals surface area contributed by atoms with Crippen molar-refractivity contribution in [2.45, 2.75) is 51.6 Å². The molecule has 160 valence electrons. The van der Waals surface area contributed by atoms with E-state index < -0.39 is 24.4 Å². The first kappa shape index (κ1) is 22.5. The molecule has 0 radical (unpaired) electrons. The first-order valence-corrected chi connectivity index (χ1v) is 10.1. The summed E-state index contributed by atoms with van der Waals surface area (Å²) in [5, 5.41) is 10.3. The molecule has 1 fully saturated rings. The van der Waals surface area contributed by atoms with Gasteiger partial charge in [-0.2, -0.15) is 0 Å². The molecule has 1 saturated heterocycles. The molecule has 0 spiro atoms. The SMILES string of the molecule is CC1(C)OB(c2c(C=O)cccc2OC[C@H](O)COCc2ccccc2)OC1(C)C. The van der Waals surface area contributed by atoms with Gasteiger partial charge in [-0.25, -0.2) is 0 Å². The molecule has 2 aromatic rings. The smallest absolute Gasteiger partial charge is 0.491 e. The molecule has 1 aliphatic heterocycles. The first-order valence-electron chi connectivity index (χ1n) is 10.1. The topological polar surface area (TPSA) is 74.2 Å². The molecule has 0 amide bonds. The average molecular weight is 412 g/mol. The van der Waals surface area contributed by atoms with Crippen LogP contribution in [0.5, 0.6) is 5.75 Å². The number of carbonyl (C=O) groups excluding carboxylic acids is 1. The Hall–Kier alpha value is -2.19. The van der Waals surface area contributed by atoms with Crippen LogP contribution >= 0.6 is 0 Å². The number of rotatable bonds is 9. The summed E-state index contributed by atoms with van der Waals surface area (Å²) in [7, 11) is -0.738. The molecule has 0 aliphatic carbocycles. The maximum atomic E-state index is 11.6. The molecule has 1 N–H and O–H groups in total. The second-order valence-electron chi connectivity index (χ2n) is 8.43. The van der Waals surface area contributed by atoms with Gasteiger partial charge in [0.2, 0.25) is 0 Å². The van der Waals surface area contributed by atoms with Crippen molar-refractivity contribution in [2.75, 3.05) is 13.2 Å². The summed E-state index contributed by atoms with van der Waals surface area (Å²) in [6.07, 6.45) is -0.0631. The molecule has 7 heteroatoms. The van der Waals surface area contributed by atoms with Gasteiger partial charge in [0, 0.05) is 11.0 Å². The van der Waals surface area contributed by atoms with Gasteiger partial charge in [0.15, 0.2) is 0 Å². The van der Waals surface area contributed by atoms with Gasteiger partial charge in [-0.15, -0.1) is 0 Å². The Labute approximate surface area is 178 Å². The third kappa shape index (κ3) is 5.10. The maximum absolute atomic E-state index is 11.6. The molecule has 3 rings (SSSR count). The highest BCUT2D eigenvalue weighted by Crippen LogP contribution is 2.37. The van der Waals surface area contributed by atoms with Crippen molar-refractivity contribution < 1.29 is 28.7 Å². The molecule has 0 saturated carbocycles. The molecule has 0 aromatic heterocycles. The Morgan fingerprint density at radius 2 is 1.67 bits per heavy atom. The number of aliphatic hydroxyl groups is 1. The standard InChI is InChI=1S/C23H29BO6/c1-22(2)23(3,4)30-24(29-22)21-18(13-25)11-8-12-20(21)28-16-19(26)15-27-14-17-9-6-5-7-10-17/h5-13,19,26H,14-16H2,1-4H3/t19-/m1/s1. The van der Waals surface area contributed by atoms with E-state index in [1.54, 1.807) is 18.2 Å². The fourth-order valence-corrected chi connectivity index (χ4v) is 3.12. The molecule has 2 aromatic carbocycles. The summed E-state index contributed by atoms with van der Waals surface area (Å²) in [4.78, 5) is 11.6. The van der Waals surface area contributed by atoms with Crippen molar-refractivity contribution in [1.29, 1.82) is 0 Å². The second-order valence-corrected chi connectivity index (χ2v) is 8.43. The van der Waals surface area contributed by atoms with Gasteiger partial charge in [0.05, 0.1) is 24.4 Å².